The van der Waals surface area contributed by atoms with E-state index in [2.05, 4.69) is 10.1 Å². The van der Waals surface area contributed by atoms with Crippen LogP contribution in [0, 0.1) is 0 Å². The van der Waals surface area contributed by atoms with Gasteiger partial charge in [0.25, 0.3) is 11.8 Å². The molecule has 1 aliphatic heterocycles. The summed E-state index contributed by atoms with van der Waals surface area (Å²) in [6, 6.07) is 22.8. The molecule has 0 radical (unpaired) electrons. The molecule has 0 spiro atoms. The Hall–Kier alpha value is -5.32. The van der Waals surface area contributed by atoms with E-state index >= 15 is 0 Å². The molecule has 0 unspecified atom stereocenters. The fraction of sp³-hybridized carbons (Fsp3) is 0.143. The second-order valence-corrected chi connectivity index (χ2v) is 10.9. The fourth-order valence-corrected chi connectivity index (χ4v) is 5.26. The van der Waals surface area contributed by atoms with Gasteiger partial charge in [0.15, 0.2) is 17.2 Å². The molecule has 0 atom stereocenters. The van der Waals surface area contributed by atoms with Crippen LogP contribution in [0.2, 0.25) is 10.0 Å². The molecule has 4 aromatic carbocycles. The Balaban J connectivity index is 1.31. The maximum atomic E-state index is 13.3. The molecular formula is C35H28Cl2N2O8. The molecule has 1 saturated heterocycles. The molecule has 0 bridgehead atoms. The van der Waals surface area contributed by atoms with Crippen molar-refractivity contribution in [2.24, 2.45) is 0 Å². The summed E-state index contributed by atoms with van der Waals surface area (Å²) in [5.74, 6) is -1.01. The van der Waals surface area contributed by atoms with Crippen molar-refractivity contribution in [2.75, 3.05) is 18.6 Å². The number of imide groups is 2. The summed E-state index contributed by atoms with van der Waals surface area (Å²) >= 11 is 13.1. The molecule has 4 amide bonds. The molecule has 0 aromatic heterocycles. The van der Waals surface area contributed by atoms with Crippen molar-refractivity contribution in [3.8, 4) is 17.2 Å². The van der Waals surface area contributed by atoms with Gasteiger partial charge in [0.2, 0.25) is 0 Å². The number of ether oxygens (including phenoxy) is 4. The van der Waals surface area contributed by atoms with Gasteiger partial charge in [0, 0.05) is 0 Å². The van der Waals surface area contributed by atoms with Crippen LogP contribution in [0.4, 0.5) is 10.5 Å². The summed E-state index contributed by atoms with van der Waals surface area (Å²) in [5, 5.41) is 2.41. The quantitative estimate of drug-likeness (QED) is 0.103. The zero-order chi connectivity index (χ0) is 33.5. The Bertz CT molecular complexity index is 1840. The van der Waals surface area contributed by atoms with E-state index in [-0.39, 0.29) is 39.2 Å². The first-order chi connectivity index (χ1) is 22.7. The molecular weight excluding hydrogens is 647 g/mol. The van der Waals surface area contributed by atoms with E-state index < -0.39 is 23.8 Å². The van der Waals surface area contributed by atoms with Gasteiger partial charge in [-0.15, -0.1) is 0 Å². The first-order valence-corrected chi connectivity index (χ1v) is 15.1. The highest BCUT2D eigenvalue weighted by Gasteiger charge is 2.37. The highest BCUT2D eigenvalue weighted by Crippen LogP contribution is 2.37. The second kappa shape index (κ2) is 14.8. The predicted molar refractivity (Wildman–Crippen MR) is 176 cm³/mol. The zero-order valence-corrected chi connectivity index (χ0v) is 26.8. The van der Waals surface area contributed by atoms with Crippen molar-refractivity contribution < 1.29 is 38.1 Å². The second-order valence-electron chi connectivity index (χ2n) is 10.1. The fourth-order valence-electron chi connectivity index (χ4n) is 4.64. The lowest BCUT2D eigenvalue weighted by atomic mass is 10.1. The first kappa shape index (κ1) is 33.1. The van der Waals surface area contributed by atoms with Gasteiger partial charge in [0.05, 0.1) is 35.0 Å². The van der Waals surface area contributed by atoms with Gasteiger partial charge < -0.3 is 18.9 Å². The van der Waals surface area contributed by atoms with Gasteiger partial charge >= 0.3 is 12.0 Å². The van der Waals surface area contributed by atoms with Crippen LogP contribution >= 0.6 is 23.2 Å². The number of halogens is 2. The summed E-state index contributed by atoms with van der Waals surface area (Å²) in [5.41, 5.74) is 2.14. The first-order valence-electron chi connectivity index (χ1n) is 14.3. The molecule has 4 aromatic rings. The Kier molecular flexibility index (Phi) is 10.4. The minimum absolute atomic E-state index is 0.103. The van der Waals surface area contributed by atoms with Crippen LogP contribution in [0.3, 0.4) is 0 Å². The van der Waals surface area contributed by atoms with E-state index in [1.165, 1.54) is 49.6 Å². The van der Waals surface area contributed by atoms with Gasteiger partial charge in [-0.1, -0.05) is 59.6 Å². The topological polar surface area (TPSA) is 120 Å². The summed E-state index contributed by atoms with van der Waals surface area (Å²) in [4.78, 5) is 51.1. The summed E-state index contributed by atoms with van der Waals surface area (Å²) in [6.45, 7) is 2.81. The lowest BCUT2D eigenvalue weighted by Gasteiger charge is -2.26. The van der Waals surface area contributed by atoms with Crippen LogP contribution in [-0.4, -0.2) is 37.5 Å². The molecule has 0 saturated carbocycles. The highest BCUT2D eigenvalue weighted by molar-refractivity contribution is 6.40. The number of nitrogens with zero attached hydrogens (tertiary/aromatic N) is 1. The van der Waals surface area contributed by atoms with E-state index in [1.807, 2.05) is 49.4 Å². The van der Waals surface area contributed by atoms with Crippen LogP contribution in [-0.2, 0) is 27.5 Å². The number of amides is 4. The Morgan fingerprint density at radius 1 is 0.809 bits per heavy atom. The zero-order valence-electron chi connectivity index (χ0n) is 25.3. The van der Waals surface area contributed by atoms with Crippen LogP contribution < -0.4 is 24.4 Å². The monoisotopic (exact) mass is 674 g/mol. The molecule has 1 fully saturated rings. The van der Waals surface area contributed by atoms with Crippen molar-refractivity contribution in [3.63, 3.8) is 0 Å². The molecule has 47 heavy (non-hydrogen) atoms. The summed E-state index contributed by atoms with van der Waals surface area (Å²) < 4.78 is 22.4. The van der Waals surface area contributed by atoms with E-state index in [1.54, 1.807) is 6.07 Å². The molecule has 1 heterocycles. The number of benzene rings is 4. The third kappa shape index (κ3) is 7.74. The maximum absolute atomic E-state index is 13.3. The van der Waals surface area contributed by atoms with Crippen LogP contribution in [0.1, 0.15) is 34.0 Å². The highest BCUT2D eigenvalue weighted by atomic mass is 35.5. The average Bonchev–Trinajstić information content (AvgIpc) is 3.06. The number of carbonyl (C=O) groups is 4. The number of esters is 1. The van der Waals surface area contributed by atoms with Gasteiger partial charge in [-0.05, 0) is 78.2 Å². The number of methoxy groups -OCH3 is 1. The third-order valence-corrected chi connectivity index (χ3v) is 7.47. The van der Waals surface area contributed by atoms with Gasteiger partial charge in [-0.2, -0.15) is 0 Å². The van der Waals surface area contributed by atoms with E-state index in [9.17, 15) is 19.2 Å². The van der Waals surface area contributed by atoms with Crippen molar-refractivity contribution in [2.45, 2.75) is 20.1 Å². The van der Waals surface area contributed by atoms with Crippen molar-refractivity contribution in [3.05, 3.63) is 123 Å². The molecule has 10 nitrogen and oxygen atoms in total. The van der Waals surface area contributed by atoms with Crippen molar-refractivity contribution in [1.29, 1.82) is 0 Å². The Labute approximate surface area is 280 Å². The van der Waals surface area contributed by atoms with Gasteiger partial charge in [0.1, 0.15) is 18.8 Å². The largest absolute Gasteiger partial charge is 0.490 e. The number of hydrogen-bond donors (Lipinski definition) is 1. The van der Waals surface area contributed by atoms with E-state index in [0.29, 0.717) is 30.3 Å². The lowest BCUT2D eigenvalue weighted by molar-refractivity contribution is -0.122. The van der Waals surface area contributed by atoms with E-state index in [4.69, 9.17) is 37.4 Å². The summed E-state index contributed by atoms with van der Waals surface area (Å²) in [6.07, 6.45) is 1.27. The van der Waals surface area contributed by atoms with Crippen LogP contribution in [0.25, 0.3) is 6.08 Å². The number of carbonyl (C=O) groups excluding carboxylic acids is 4. The van der Waals surface area contributed by atoms with Crippen LogP contribution in [0.15, 0.2) is 90.5 Å². The summed E-state index contributed by atoms with van der Waals surface area (Å²) in [7, 11) is 1.23. The third-order valence-electron chi connectivity index (χ3n) is 6.91. The van der Waals surface area contributed by atoms with Gasteiger partial charge in [-0.25, -0.2) is 14.5 Å². The molecule has 240 valence electrons. The smallest absolute Gasteiger partial charge is 0.337 e. The number of urea groups is 1. The van der Waals surface area contributed by atoms with Gasteiger partial charge in [-0.3, -0.25) is 14.9 Å². The number of rotatable bonds is 11. The lowest BCUT2D eigenvalue weighted by Crippen LogP contribution is -2.54. The predicted octanol–water partition coefficient (Wildman–Crippen LogP) is 7.00. The molecule has 5 rings (SSSR count). The SMILES string of the molecule is CCOc1cc(COc2c(Cl)cc(/C=C3/C(=O)NC(=O)N(c4ccc(C(=O)OC)cc4)C3=O)cc2Cl)ccc1OCc1ccccc1. The standard InChI is InChI=1S/C35H28Cl2N2O8/c1-3-45-30-18-22(9-14-29(30)46-19-21-7-5-4-6-8-21)20-47-31-27(36)16-23(17-28(31)37)15-26-32(40)38-35(43)39(33(26)41)25-12-10-24(11-13-25)34(42)44-2/h4-18H,3,19-20H2,1-2H3,(H,38,40,43)/b26-15-. The van der Waals surface area contributed by atoms with E-state index in [0.717, 1.165) is 16.0 Å². The molecule has 1 N–H and O–H groups in total. The minimum atomic E-state index is -0.939. The number of nitrogens with one attached hydrogen (secondary N) is 1. The molecule has 12 heteroatoms. The Morgan fingerprint density at radius 3 is 2.15 bits per heavy atom. The number of barbiturate groups is 1. The number of hydrogen-bond acceptors (Lipinski definition) is 8. The minimum Gasteiger partial charge on any atom is -0.490 e. The maximum Gasteiger partial charge on any atom is 0.337 e. The molecule has 0 aliphatic carbocycles. The Morgan fingerprint density at radius 2 is 1.49 bits per heavy atom. The normalized spacial score (nSPS) is 13.7. The van der Waals surface area contributed by atoms with Crippen molar-refractivity contribution >= 4 is 58.8 Å². The number of anilines is 1. The average molecular weight is 676 g/mol. The molecule has 1 aliphatic rings. The van der Waals surface area contributed by atoms with Crippen LogP contribution in [0.5, 0.6) is 17.2 Å². The van der Waals surface area contributed by atoms with Crippen molar-refractivity contribution in [1.82, 2.24) is 5.32 Å².